The summed E-state index contributed by atoms with van der Waals surface area (Å²) in [4.78, 5) is 11.7. The van der Waals surface area contributed by atoms with E-state index in [1.54, 1.807) is 6.92 Å². The predicted octanol–water partition coefficient (Wildman–Crippen LogP) is 1.71. The van der Waals surface area contributed by atoms with Gasteiger partial charge in [-0.15, -0.1) is 0 Å². The molecule has 1 saturated carbocycles. The van der Waals surface area contributed by atoms with E-state index < -0.39 is 0 Å². The highest BCUT2D eigenvalue weighted by Crippen LogP contribution is 2.48. The minimum absolute atomic E-state index is 0.0453. The van der Waals surface area contributed by atoms with Gasteiger partial charge in [0, 0.05) is 12.0 Å². The fourth-order valence-electron chi connectivity index (χ4n) is 2.43. The molecule has 2 rings (SSSR count). The number of aliphatic hydroxyl groups is 1. The fraction of sp³-hybridized carbons (Fsp3) is 0.533. The van der Waals surface area contributed by atoms with Gasteiger partial charge in [-0.1, -0.05) is 24.3 Å². The van der Waals surface area contributed by atoms with Gasteiger partial charge >= 0.3 is 6.03 Å². The van der Waals surface area contributed by atoms with E-state index in [2.05, 4.69) is 35.8 Å². The molecule has 1 aliphatic carbocycles. The van der Waals surface area contributed by atoms with Crippen LogP contribution in [0.25, 0.3) is 0 Å². The first kappa shape index (κ1) is 13.9. The van der Waals surface area contributed by atoms with Crippen LogP contribution in [-0.2, 0) is 5.41 Å². The molecule has 0 aliphatic heterocycles. The number of urea groups is 1. The molecule has 1 atom stereocenters. The average Bonchev–Trinajstić information content (AvgIpc) is 3.18. The quantitative estimate of drug-likeness (QED) is 0.756. The Kier molecular flexibility index (Phi) is 4.10. The first-order valence-electron chi connectivity index (χ1n) is 6.79. The zero-order chi connectivity index (χ0) is 13.9. The molecular weight excluding hydrogens is 240 g/mol. The average molecular weight is 262 g/mol. The highest BCUT2D eigenvalue weighted by atomic mass is 16.3. The molecule has 4 heteroatoms. The first-order valence-corrected chi connectivity index (χ1v) is 6.79. The molecule has 0 bridgehead atoms. The van der Waals surface area contributed by atoms with Crippen molar-refractivity contribution in [2.75, 3.05) is 13.2 Å². The molecule has 0 unspecified atom stereocenters. The largest absolute Gasteiger partial charge is 0.394 e. The third-order valence-electron chi connectivity index (χ3n) is 3.81. The van der Waals surface area contributed by atoms with Gasteiger partial charge in [-0.3, -0.25) is 0 Å². The number of rotatable bonds is 5. The van der Waals surface area contributed by atoms with E-state index in [0.29, 0.717) is 6.54 Å². The summed E-state index contributed by atoms with van der Waals surface area (Å²) in [5, 5.41) is 14.5. The van der Waals surface area contributed by atoms with Gasteiger partial charge in [0.1, 0.15) is 0 Å². The number of nitrogens with one attached hydrogen (secondary N) is 2. The number of carbonyl (C=O) groups is 1. The van der Waals surface area contributed by atoms with Crippen molar-refractivity contribution in [2.24, 2.45) is 0 Å². The van der Waals surface area contributed by atoms with Crippen LogP contribution in [0.5, 0.6) is 0 Å². The molecule has 1 aliphatic rings. The van der Waals surface area contributed by atoms with E-state index in [1.165, 1.54) is 11.1 Å². The molecule has 0 heterocycles. The number of aliphatic hydroxyl groups excluding tert-OH is 1. The van der Waals surface area contributed by atoms with Crippen molar-refractivity contribution in [1.29, 1.82) is 0 Å². The Hall–Kier alpha value is -1.55. The van der Waals surface area contributed by atoms with Crippen molar-refractivity contribution in [3.8, 4) is 0 Å². The van der Waals surface area contributed by atoms with Gasteiger partial charge in [0.05, 0.1) is 12.6 Å². The Balaban J connectivity index is 1.93. The third-order valence-corrected chi connectivity index (χ3v) is 3.81. The van der Waals surface area contributed by atoms with Gasteiger partial charge in [0.25, 0.3) is 0 Å². The number of aryl methyl sites for hydroxylation is 1. The molecule has 4 nitrogen and oxygen atoms in total. The summed E-state index contributed by atoms with van der Waals surface area (Å²) >= 11 is 0. The van der Waals surface area contributed by atoms with Gasteiger partial charge < -0.3 is 15.7 Å². The maximum atomic E-state index is 11.7. The van der Waals surface area contributed by atoms with Crippen molar-refractivity contribution in [1.82, 2.24) is 10.6 Å². The summed E-state index contributed by atoms with van der Waals surface area (Å²) in [6.07, 6.45) is 2.24. The van der Waals surface area contributed by atoms with Gasteiger partial charge in [0.15, 0.2) is 0 Å². The molecule has 1 aromatic rings. The highest BCUT2D eigenvalue weighted by Gasteiger charge is 2.45. The smallest absolute Gasteiger partial charge is 0.315 e. The molecule has 1 aromatic carbocycles. The maximum absolute atomic E-state index is 11.7. The minimum Gasteiger partial charge on any atom is -0.394 e. The van der Waals surface area contributed by atoms with Crippen molar-refractivity contribution >= 4 is 6.03 Å². The van der Waals surface area contributed by atoms with E-state index in [4.69, 9.17) is 5.11 Å². The first-order chi connectivity index (χ1) is 9.07. The lowest BCUT2D eigenvalue weighted by atomic mass is 9.92. The second-order valence-electron chi connectivity index (χ2n) is 5.51. The fourth-order valence-corrected chi connectivity index (χ4v) is 2.43. The molecule has 0 spiro atoms. The lowest BCUT2D eigenvalue weighted by Crippen LogP contribution is -2.44. The SMILES string of the molecule is Cc1ccccc1C1(CNC(=O)N[C@@H](C)CO)CC1. The summed E-state index contributed by atoms with van der Waals surface area (Å²) in [6, 6.07) is 7.94. The standard InChI is InChI=1S/C15H22N2O2/c1-11-5-3-4-6-13(11)15(7-8-15)10-16-14(19)17-12(2)9-18/h3-6,12,18H,7-10H2,1-2H3,(H2,16,17,19)/t12-/m0/s1. The van der Waals surface area contributed by atoms with E-state index in [9.17, 15) is 4.79 Å². The predicted molar refractivity (Wildman–Crippen MR) is 75.2 cm³/mol. The van der Waals surface area contributed by atoms with Crippen LogP contribution in [-0.4, -0.2) is 30.3 Å². The normalized spacial score (nSPS) is 17.6. The second-order valence-corrected chi connectivity index (χ2v) is 5.51. The summed E-state index contributed by atoms with van der Waals surface area (Å²) in [5.41, 5.74) is 2.74. The Morgan fingerprint density at radius 1 is 1.42 bits per heavy atom. The molecule has 1 fully saturated rings. The second kappa shape index (κ2) is 5.61. The molecule has 0 aromatic heterocycles. The summed E-state index contributed by atoms with van der Waals surface area (Å²) in [7, 11) is 0. The molecule has 0 saturated heterocycles. The van der Waals surface area contributed by atoms with Gasteiger partial charge in [-0.25, -0.2) is 4.79 Å². The van der Waals surface area contributed by atoms with E-state index in [0.717, 1.165) is 12.8 Å². The minimum atomic E-state index is -0.214. The van der Waals surface area contributed by atoms with Crippen LogP contribution in [0.2, 0.25) is 0 Å². The van der Waals surface area contributed by atoms with Crippen molar-refractivity contribution in [3.05, 3.63) is 35.4 Å². The molecule has 104 valence electrons. The molecular formula is C15H22N2O2. The van der Waals surface area contributed by atoms with Crippen molar-refractivity contribution in [3.63, 3.8) is 0 Å². The highest BCUT2D eigenvalue weighted by molar-refractivity contribution is 5.74. The van der Waals surface area contributed by atoms with Gasteiger partial charge in [-0.2, -0.15) is 0 Å². The van der Waals surface area contributed by atoms with Crippen LogP contribution in [0.15, 0.2) is 24.3 Å². The molecule has 2 amide bonds. The third kappa shape index (κ3) is 3.26. The van der Waals surface area contributed by atoms with Crippen LogP contribution < -0.4 is 10.6 Å². The Morgan fingerprint density at radius 3 is 2.68 bits per heavy atom. The number of hydrogen-bond donors (Lipinski definition) is 3. The van der Waals surface area contributed by atoms with Crippen LogP contribution in [0.1, 0.15) is 30.9 Å². The summed E-state index contributed by atoms with van der Waals surface area (Å²) in [6.45, 7) is 4.50. The van der Waals surface area contributed by atoms with E-state index in [1.807, 2.05) is 6.07 Å². The molecule has 3 N–H and O–H groups in total. The maximum Gasteiger partial charge on any atom is 0.315 e. The van der Waals surface area contributed by atoms with Crippen molar-refractivity contribution < 1.29 is 9.90 Å². The van der Waals surface area contributed by atoms with Crippen LogP contribution in [0.3, 0.4) is 0 Å². The van der Waals surface area contributed by atoms with Crippen LogP contribution in [0, 0.1) is 6.92 Å². The van der Waals surface area contributed by atoms with Gasteiger partial charge in [-0.05, 0) is 37.8 Å². The van der Waals surface area contributed by atoms with E-state index >= 15 is 0 Å². The zero-order valence-corrected chi connectivity index (χ0v) is 11.6. The van der Waals surface area contributed by atoms with Crippen molar-refractivity contribution in [2.45, 2.75) is 38.1 Å². The van der Waals surface area contributed by atoms with Crippen LogP contribution in [0.4, 0.5) is 4.79 Å². The Morgan fingerprint density at radius 2 is 2.11 bits per heavy atom. The topological polar surface area (TPSA) is 61.4 Å². The zero-order valence-electron chi connectivity index (χ0n) is 11.6. The number of benzene rings is 1. The van der Waals surface area contributed by atoms with Gasteiger partial charge in [0.2, 0.25) is 0 Å². The Labute approximate surface area is 114 Å². The lowest BCUT2D eigenvalue weighted by molar-refractivity contribution is 0.220. The lowest BCUT2D eigenvalue weighted by Gasteiger charge is -2.20. The molecule has 19 heavy (non-hydrogen) atoms. The van der Waals surface area contributed by atoms with E-state index in [-0.39, 0.29) is 24.1 Å². The monoisotopic (exact) mass is 262 g/mol. The summed E-state index contributed by atoms with van der Waals surface area (Å²) in [5.74, 6) is 0. The number of hydrogen-bond acceptors (Lipinski definition) is 2. The molecule has 0 radical (unpaired) electrons. The number of carbonyl (C=O) groups excluding carboxylic acids is 1. The van der Waals surface area contributed by atoms with Crippen LogP contribution >= 0.6 is 0 Å². The Bertz CT molecular complexity index is 455. The number of amides is 2. The summed E-state index contributed by atoms with van der Waals surface area (Å²) < 4.78 is 0.